The van der Waals surface area contributed by atoms with Crippen molar-refractivity contribution in [3.8, 4) is 5.75 Å². The van der Waals surface area contributed by atoms with Gasteiger partial charge in [0.15, 0.2) is 11.4 Å². The largest absolute Gasteiger partial charge is 0.489 e. The summed E-state index contributed by atoms with van der Waals surface area (Å²) in [6, 6.07) is 9.31. The van der Waals surface area contributed by atoms with Crippen LogP contribution in [0.25, 0.3) is 0 Å². The van der Waals surface area contributed by atoms with Crippen LogP contribution in [0.1, 0.15) is 23.2 Å². The van der Waals surface area contributed by atoms with Crippen molar-refractivity contribution < 1.29 is 31.3 Å². The zero-order valence-electron chi connectivity index (χ0n) is 19.9. The van der Waals surface area contributed by atoms with E-state index in [9.17, 15) is 31.7 Å². The number of carbonyl (C=O) groups excluding carboxylic acids is 1. The van der Waals surface area contributed by atoms with E-state index in [0.29, 0.717) is 32.5 Å². The summed E-state index contributed by atoms with van der Waals surface area (Å²) in [5.74, 6) is -0.871. The maximum atomic E-state index is 12.8. The molecule has 4 rings (SSSR count). The van der Waals surface area contributed by atoms with Gasteiger partial charge in [-0.3, -0.25) is 14.9 Å². The average Bonchev–Trinajstić information content (AvgIpc) is 2.84. The number of hydrogen-bond acceptors (Lipinski definition) is 10. The highest BCUT2D eigenvalue weighted by Crippen LogP contribution is 2.40. The molecule has 0 radical (unpaired) electrons. The maximum absolute atomic E-state index is 12.8. The quantitative estimate of drug-likeness (QED) is 0.314. The topological polar surface area (TPSA) is 177 Å². The second kappa shape index (κ2) is 10.6. The number of amides is 1. The summed E-state index contributed by atoms with van der Waals surface area (Å²) in [6.07, 6.45) is 2.39. The van der Waals surface area contributed by atoms with Crippen LogP contribution < -0.4 is 19.5 Å². The van der Waals surface area contributed by atoms with Crippen molar-refractivity contribution in [2.24, 2.45) is 0 Å². The first kappa shape index (κ1) is 26.8. The number of nitrogens with zero attached hydrogens (tertiary/aromatic N) is 2. The molecule has 2 aliphatic rings. The van der Waals surface area contributed by atoms with Gasteiger partial charge in [-0.25, -0.2) is 26.3 Å². The predicted octanol–water partition coefficient (Wildman–Crippen LogP) is 0.900. The monoisotopic (exact) mass is 553 g/mol. The molecule has 2 aliphatic heterocycles. The zero-order chi connectivity index (χ0) is 26.8. The fraction of sp³-hybridized carbons (Fsp3) is 0.409. The Morgan fingerprint density at radius 1 is 1.16 bits per heavy atom. The van der Waals surface area contributed by atoms with Gasteiger partial charge in [0.25, 0.3) is 21.6 Å². The van der Waals surface area contributed by atoms with Gasteiger partial charge in [0.1, 0.15) is 6.61 Å². The van der Waals surface area contributed by atoms with Gasteiger partial charge in [-0.15, -0.1) is 0 Å². The fourth-order valence-corrected chi connectivity index (χ4v) is 6.20. The Bertz CT molecular complexity index is 1390. The van der Waals surface area contributed by atoms with E-state index in [1.807, 2.05) is 4.72 Å². The van der Waals surface area contributed by atoms with Gasteiger partial charge in [0, 0.05) is 30.3 Å². The predicted molar refractivity (Wildman–Crippen MR) is 135 cm³/mol. The molecule has 0 aromatic heterocycles. The number of rotatable bonds is 8. The number of benzene rings is 2. The van der Waals surface area contributed by atoms with Crippen molar-refractivity contribution >= 4 is 37.3 Å². The van der Waals surface area contributed by atoms with Crippen LogP contribution in [-0.2, 0) is 20.0 Å². The van der Waals surface area contributed by atoms with Crippen LogP contribution in [0.3, 0.4) is 0 Å². The number of nitrogens with one attached hydrogen (secondary N) is 3. The van der Waals surface area contributed by atoms with Crippen molar-refractivity contribution in [1.29, 1.82) is 0 Å². The number of piperidine rings is 1. The molecule has 2 aromatic carbocycles. The molecule has 1 amide bonds. The molecule has 1 atom stereocenters. The van der Waals surface area contributed by atoms with E-state index in [0.717, 1.165) is 18.4 Å². The van der Waals surface area contributed by atoms with Gasteiger partial charge >= 0.3 is 0 Å². The number of carbonyl (C=O) groups is 1. The molecular formula is C22H27N5O8S2. The highest BCUT2D eigenvalue weighted by atomic mass is 32.2. The van der Waals surface area contributed by atoms with E-state index in [4.69, 9.17) is 4.74 Å². The highest BCUT2D eigenvalue weighted by Gasteiger charge is 2.33. The lowest BCUT2D eigenvalue weighted by Gasteiger charge is -2.36. The van der Waals surface area contributed by atoms with Crippen molar-refractivity contribution in [2.75, 3.05) is 37.8 Å². The number of hydrogen-bond donors (Lipinski definition) is 3. The Hall–Kier alpha value is -3.27. The average molecular weight is 554 g/mol. The molecular weight excluding hydrogens is 526 g/mol. The van der Waals surface area contributed by atoms with Gasteiger partial charge < -0.3 is 15.0 Å². The normalized spacial score (nSPS) is 18.8. The molecule has 0 aliphatic carbocycles. The molecule has 13 nitrogen and oxygen atoms in total. The lowest BCUT2D eigenvalue weighted by molar-refractivity contribution is -0.384. The van der Waals surface area contributed by atoms with Crippen molar-refractivity contribution in [2.45, 2.75) is 29.8 Å². The Kier molecular flexibility index (Phi) is 7.68. The van der Waals surface area contributed by atoms with Crippen LogP contribution in [0.2, 0.25) is 0 Å². The Labute approximate surface area is 214 Å². The molecule has 3 N–H and O–H groups in total. The lowest BCUT2D eigenvalue weighted by Crippen LogP contribution is -2.49. The second-order valence-corrected chi connectivity index (χ2v) is 12.5. The van der Waals surface area contributed by atoms with Crippen molar-refractivity contribution in [1.82, 2.24) is 14.3 Å². The second-order valence-electron chi connectivity index (χ2n) is 8.99. The molecule has 2 heterocycles. The molecule has 0 spiro atoms. The van der Waals surface area contributed by atoms with Gasteiger partial charge in [0.2, 0.25) is 10.0 Å². The number of fused-ring (bicyclic) bond motifs is 1. The first-order chi connectivity index (χ1) is 17.4. The number of nitro groups is 1. The molecule has 1 fully saturated rings. The van der Waals surface area contributed by atoms with Crippen LogP contribution in [0.15, 0.2) is 47.4 Å². The summed E-state index contributed by atoms with van der Waals surface area (Å²) in [7, 11) is -7.70. The Balaban J connectivity index is 1.46. The molecule has 0 saturated carbocycles. The molecule has 200 valence electrons. The standard InChI is InChI=1S/C22H27N5O8S2/c1-36(31,32)24-16-7-9-26(10-8-16)13-17-14-35-20-12-18(11-19(27(29)30)21(20)23-17)37(33,34)25-22(28)15-5-3-2-4-6-15/h2-6,11-12,16-17,23-24H,7-10,13-14H2,1H3,(H,25,28)/t17-/m0/s1. The van der Waals surface area contributed by atoms with E-state index in [1.54, 1.807) is 18.2 Å². The Morgan fingerprint density at radius 3 is 2.46 bits per heavy atom. The third kappa shape index (κ3) is 6.74. The third-order valence-corrected chi connectivity index (χ3v) is 8.13. The molecule has 15 heteroatoms. The minimum atomic E-state index is -4.42. The van der Waals surface area contributed by atoms with Crippen LogP contribution in [0.4, 0.5) is 11.4 Å². The molecule has 1 saturated heterocycles. The minimum Gasteiger partial charge on any atom is -0.489 e. The number of nitro benzene ring substituents is 1. The van der Waals surface area contributed by atoms with E-state index in [2.05, 4.69) is 14.9 Å². The highest BCUT2D eigenvalue weighted by molar-refractivity contribution is 7.90. The van der Waals surface area contributed by atoms with E-state index in [-0.39, 0.29) is 35.7 Å². The van der Waals surface area contributed by atoms with Crippen LogP contribution in [-0.4, -0.2) is 77.1 Å². The minimum absolute atomic E-state index is 0.00551. The third-order valence-electron chi connectivity index (χ3n) is 6.06. The fourth-order valence-electron chi connectivity index (χ4n) is 4.35. The summed E-state index contributed by atoms with van der Waals surface area (Å²) in [5.41, 5.74) is -0.315. The molecule has 2 aromatic rings. The number of anilines is 1. The molecule has 0 unspecified atom stereocenters. The maximum Gasteiger partial charge on any atom is 0.297 e. The van der Waals surface area contributed by atoms with Gasteiger partial charge in [0.05, 0.1) is 22.1 Å². The van der Waals surface area contributed by atoms with Crippen LogP contribution >= 0.6 is 0 Å². The van der Waals surface area contributed by atoms with Gasteiger partial charge in [-0.1, -0.05) is 18.2 Å². The lowest BCUT2D eigenvalue weighted by atomic mass is 10.1. The van der Waals surface area contributed by atoms with Gasteiger partial charge in [-0.05, 0) is 38.1 Å². The van der Waals surface area contributed by atoms with Crippen LogP contribution in [0.5, 0.6) is 5.75 Å². The van der Waals surface area contributed by atoms with Gasteiger partial charge in [-0.2, -0.15) is 0 Å². The SMILES string of the molecule is CS(=O)(=O)NC1CCN(C[C@H]2COc3cc(S(=O)(=O)NC(=O)c4ccccc4)cc([N+](=O)[O-])c3N2)CC1. The molecule has 37 heavy (non-hydrogen) atoms. The summed E-state index contributed by atoms with van der Waals surface area (Å²) >= 11 is 0. The first-order valence-electron chi connectivity index (χ1n) is 11.4. The molecule has 0 bridgehead atoms. The summed E-state index contributed by atoms with van der Waals surface area (Å²) in [4.78, 5) is 25.1. The first-order valence-corrected chi connectivity index (χ1v) is 14.8. The van der Waals surface area contributed by atoms with E-state index < -0.39 is 41.5 Å². The summed E-state index contributed by atoms with van der Waals surface area (Å²) < 4.78 is 58.8. The number of ether oxygens (including phenoxy) is 1. The van der Waals surface area contributed by atoms with Crippen LogP contribution in [0, 0.1) is 10.1 Å². The van der Waals surface area contributed by atoms with Crippen molar-refractivity contribution in [3.63, 3.8) is 0 Å². The number of likely N-dealkylation sites (tertiary alicyclic amines) is 1. The summed E-state index contributed by atoms with van der Waals surface area (Å²) in [6.45, 7) is 1.90. The Morgan fingerprint density at radius 2 is 1.84 bits per heavy atom. The summed E-state index contributed by atoms with van der Waals surface area (Å²) in [5, 5.41) is 14.9. The zero-order valence-corrected chi connectivity index (χ0v) is 21.5. The van der Waals surface area contributed by atoms with E-state index >= 15 is 0 Å². The smallest absolute Gasteiger partial charge is 0.297 e. The van der Waals surface area contributed by atoms with E-state index in [1.165, 1.54) is 12.1 Å². The van der Waals surface area contributed by atoms with Crippen molar-refractivity contribution in [3.05, 3.63) is 58.1 Å². The number of sulfonamides is 2.